The van der Waals surface area contributed by atoms with Crippen molar-refractivity contribution < 1.29 is 24.6 Å². The Morgan fingerprint density at radius 3 is 3.17 bits per heavy atom. The molecule has 2 aromatic rings. The number of fused-ring (bicyclic) bond motifs is 1. The summed E-state index contributed by atoms with van der Waals surface area (Å²) in [6.07, 6.45) is -0.691. The molecule has 1 amide bonds. The first-order valence-electron chi connectivity index (χ1n) is 10.6. The molecule has 0 aliphatic rings. The van der Waals surface area contributed by atoms with E-state index in [-0.39, 0.29) is 16.3 Å². The van der Waals surface area contributed by atoms with Crippen molar-refractivity contribution in [1.82, 2.24) is 5.32 Å². The average molecular weight is 254 g/mol. The Bertz CT molecular complexity index is 1000. The predicted molar refractivity (Wildman–Crippen MR) is 72.9 cm³/mol. The second kappa shape index (κ2) is 5.54. The van der Waals surface area contributed by atoms with Crippen LogP contribution in [-0.2, 0) is 11.2 Å². The van der Waals surface area contributed by atoms with E-state index < -0.39 is 67.9 Å². The monoisotopic (exact) mass is 254 g/mol. The first kappa shape index (κ1) is 4.57. The first-order chi connectivity index (χ1) is 13.1. The number of carbonyl (C=O) groups is 1. The van der Waals surface area contributed by atoms with Gasteiger partial charge in [-0.05, 0) is 34.8 Å². The standard InChI is InChI=1S/C15H17NO2/c1-11(17)16-9-8-13-5-3-4-12-6-7-14(18-2)10-15(12)13/h3-7,10H,8-9H2,1-2H3,(H,16,17)/i2D3,3D,4D,5D,6D,7D,9D2,10D. The van der Waals surface area contributed by atoms with Gasteiger partial charge in [0, 0.05) is 16.2 Å². The fraction of sp³-hybridized carbons (Fsp3) is 0.267. The van der Waals surface area contributed by atoms with Gasteiger partial charge in [-0.1, -0.05) is 24.2 Å². The lowest BCUT2D eigenvalue weighted by Gasteiger charge is -2.08. The highest BCUT2D eigenvalue weighted by Gasteiger charge is 2.03. The largest absolute Gasteiger partial charge is 0.497 e. The number of benzene rings is 2. The van der Waals surface area contributed by atoms with Gasteiger partial charge in [0.15, 0.2) is 0 Å². The van der Waals surface area contributed by atoms with E-state index in [2.05, 4.69) is 4.74 Å². The number of amides is 1. The van der Waals surface area contributed by atoms with Crippen LogP contribution in [0, 0.1) is 0 Å². The summed E-state index contributed by atoms with van der Waals surface area (Å²) < 4.78 is 90.6. The molecule has 0 aliphatic heterocycles. The Balaban J connectivity index is 2.95. The van der Waals surface area contributed by atoms with E-state index in [0.29, 0.717) is 0 Å². The molecule has 0 bridgehead atoms. The minimum absolute atomic E-state index is 0.284. The van der Waals surface area contributed by atoms with Crippen LogP contribution in [0.15, 0.2) is 36.3 Å². The zero-order chi connectivity index (χ0) is 22.5. The number of hydrogen-bond acceptors (Lipinski definition) is 2. The molecule has 0 heterocycles. The highest BCUT2D eigenvalue weighted by molar-refractivity contribution is 5.87. The number of rotatable bonds is 4. The third-order valence-electron chi connectivity index (χ3n) is 2.12. The molecule has 0 saturated heterocycles. The van der Waals surface area contributed by atoms with Gasteiger partial charge in [0.05, 0.1) is 19.4 Å². The summed E-state index contributed by atoms with van der Waals surface area (Å²) in [5.41, 5.74) is -0.284. The fourth-order valence-electron chi connectivity index (χ4n) is 1.38. The molecule has 0 unspecified atom stereocenters. The number of methoxy groups -OCH3 is 1. The summed E-state index contributed by atoms with van der Waals surface area (Å²) in [4.78, 5) is 11.3. The third kappa shape index (κ3) is 2.80. The summed E-state index contributed by atoms with van der Waals surface area (Å²) in [5, 5.41) is 1.32. The maximum absolute atomic E-state index is 11.3. The molecule has 2 rings (SSSR count). The predicted octanol–water partition coefficient (Wildman–Crippen LogP) is 2.53. The molecule has 0 aliphatic carbocycles. The molecular formula is C15H17NO2. The zero-order valence-corrected chi connectivity index (χ0v) is 9.52. The van der Waals surface area contributed by atoms with Gasteiger partial charge < -0.3 is 10.1 Å². The molecule has 1 N–H and O–H groups in total. The van der Waals surface area contributed by atoms with Gasteiger partial charge in [-0.15, -0.1) is 0 Å². The van der Waals surface area contributed by atoms with Gasteiger partial charge in [-0.2, -0.15) is 0 Å². The highest BCUT2D eigenvalue weighted by Crippen LogP contribution is 2.24. The molecular weight excluding hydrogens is 226 g/mol. The average Bonchev–Trinajstić information content (AvgIpc) is 2.55. The lowest BCUT2D eigenvalue weighted by molar-refractivity contribution is -0.118. The molecule has 0 radical (unpaired) electrons. The van der Waals surface area contributed by atoms with Crippen molar-refractivity contribution in [3.05, 3.63) is 41.8 Å². The topological polar surface area (TPSA) is 38.3 Å². The van der Waals surface area contributed by atoms with Crippen LogP contribution in [-0.4, -0.2) is 19.4 Å². The van der Waals surface area contributed by atoms with Crippen molar-refractivity contribution in [3.8, 4) is 5.75 Å². The second-order valence-corrected chi connectivity index (χ2v) is 3.44. The SMILES string of the molecule is [2H]c1c([2H])c(CC([2H])([2H])NC(C)=O)c2c([2H])c(OC([2H])([2H])[2H])c([2H])c([2H])c2c1[2H]. The highest BCUT2D eigenvalue weighted by atomic mass is 16.5. The summed E-state index contributed by atoms with van der Waals surface area (Å²) in [6, 6.07) is -4.06. The number of aryl methyl sites for hydroxylation is 1. The normalized spacial score (nSPS) is 20.6. The van der Waals surface area contributed by atoms with Crippen LogP contribution in [0.3, 0.4) is 0 Å². The molecule has 0 spiro atoms. The van der Waals surface area contributed by atoms with Crippen LogP contribution >= 0.6 is 0 Å². The van der Waals surface area contributed by atoms with Gasteiger partial charge in [0.25, 0.3) is 0 Å². The number of ether oxygens (including phenoxy) is 1. The van der Waals surface area contributed by atoms with Crippen LogP contribution < -0.4 is 10.1 Å². The minimum Gasteiger partial charge on any atom is -0.497 e. The van der Waals surface area contributed by atoms with Crippen molar-refractivity contribution in [2.24, 2.45) is 0 Å². The van der Waals surface area contributed by atoms with Crippen molar-refractivity contribution in [1.29, 1.82) is 0 Å². The van der Waals surface area contributed by atoms with Crippen LogP contribution in [0.5, 0.6) is 5.75 Å². The lowest BCUT2D eigenvalue weighted by Crippen LogP contribution is -2.22. The zero-order valence-electron chi connectivity index (χ0n) is 20.5. The Hall–Kier alpha value is -2.03. The van der Waals surface area contributed by atoms with Gasteiger partial charge >= 0.3 is 0 Å². The van der Waals surface area contributed by atoms with E-state index >= 15 is 0 Å². The van der Waals surface area contributed by atoms with Crippen LogP contribution in [0.1, 0.15) is 27.6 Å². The van der Waals surface area contributed by atoms with Crippen LogP contribution in [0.4, 0.5) is 0 Å². The smallest absolute Gasteiger partial charge is 0.216 e. The molecule has 2 aromatic carbocycles. The molecule has 0 fully saturated rings. The van der Waals surface area contributed by atoms with E-state index in [1.54, 1.807) is 0 Å². The van der Waals surface area contributed by atoms with Crippen molar-refractivity contribution in [3.63, 3.8) is 0 Å². The van der Waals surface area contributed by atoms with Gasteiger partial charge in [-0.25, -0.2) is 0 Å². The molecule has 3 nitrogen and oxygen atoms in total. The maximum atomic E-state index is 11.3. The fourth-order valence-corrected chi connectivity index (χ4v) is 1.38. The minimum atomic E-state index is -3.04. The van der Waals surface area contributed by atoms with Crippen LogP contribution in [0.2, 0.25) is 0 Å². The molecule has 0 saturated carbocycles. The molecule has 18 heavy (non-hydrogen) atoms. The molecule has 3 heteroatoms. The van der Waals surface area contributed by atoms with E-state index in [1.807, 2.05) is 5.32 Å². The Morgan fingerprint density at radius 1 is 1.50 bits per heavy atom. The molecule has 0 atom stereocenters. The van der Waals surface area contributed by atoms with Gasteiger partial charge in [-0.3, -0.25) is 4.79 Å². The summed E-state index contributed by atoms with van der Waals surface area (Å²) in [5.74, 6) is -1.48. The molecule has 0 aromatic heterocycles. The van der Waals surface area contributed by atoms with E-state index in [9.17, 15) is 4.79 Å². The summed E-state index contributed by atoms with van der Waals surface area (Å²) >= 11 is 0. The van der Waals surface area contributed by atoms with Crippen molar-refractivity contribution in [2.45, 2.75) is 13.3 Å². The lowest BCUT2D eigenvalue weighted by atomic mass is 10.0. The van der Waals surface area contributed by atoms with E-state index in [1.165, 1.54) is 0 Å². The Labute approximate surface area is 122 Å². The van der Waals surface area contributed by atoms with E-state index in [0.717, 1.165) is 6.92 Å². The van der Waals surface area contributed by atoms with Gasteiger partial charge in [0.2, 0.25) is 5.91 Å². The number of hydrogen-bond donors (Lipinski definition) is 1. The number of carbonyl (C=O) groups excluding carboxylic acids is 1. The maximum Gasteiger partial charge on any atom is 0.216 e. The molecule has 94 valence electrons. The summed E-state index contributed by atoms with van der Waals surface area (Å²) in [7, 11) is -3.04. The van der Waals surface area contributed by atoms with Crippen molar-refractivity contribution >= 4 is 16.7 Å². The third-order valence-corrected chi connectivity index (χ3v) is 2.12. The summed E-state index contributed by atoms with van der Waals surface area (Å²) in [6.45, 7) is -1.32. The Kier molecular flexibility index (Phi) is 1.41. The van der Waals surface area contributed by atoms with Crippen LogP contribution in [0.25, 0.3) is 10.8 Å². The van der Waals surface area contributed by atoms with Gasteiger partial charge in [0.1, 0.15) is 5.75 Å². The first-order valence-corrected chi connectivity index (χ1v) is 5.07. The second-order valence-electron chi connectivity index (χ2n) is 3.44. The Morgan fingerprint density at radius 2 is 2.39 bits per heavy atom. The van der Waals surface area contributed by atoms with E-state index in [4.69, 9.17) is 15.1 Å². The number of nitrogens with one attached hydrogen (secondary N) is 1. The quantitative estimate of drug-likeness (QED) is 0.910. The van der Waals surface area contributed by atoms with Crippen molar-refractivity contribution in [2.75, 3.05) is 13.5 Å².